The second-order valence-electron chi connectivity index (χ2n) is 7.92. The van der Waals surface area contributed by atoms with Gasteiger partial charge in [0.05, 0.1) is 0 Å². The summed E-state index contributed by atoms with van der Waals surface area (Å²) in [5.41, 5.74) is 1.63. The van der Waals surface area contributed by atoms with Crippen LogP contribution in [0, 0.1) is 5.82 Å². The summed E-state index contributed by atoms with van der Waals surface area (Å²) in [5, 5.41) is 2.69. The third-order valence-corrected chi connectivity index (χ3v) is 5.32. The lowest BCUT2D eigenvalue weighted by Gasteiger charge is -2.36. The zero-order valence-corrected chi connectivity index (χ0v) is 18.4. The maximum atomic E-state index is 13.4. The van der Waals surface area contributed by atoms with E-state index in [1.165, 1.54) is 46.2 Å². The van der Waals surface area contributed by atoms with E-state index in [2.05, 4.69) is 10.1 Å². The summed E-state index contributed by atoms with van der Waals surface area (Å²) in [6, 6.07) is 17.2. The molecule has 182 valence electrons. The molecule has 0 radical (unpaired) electrons. The molecule has 0 saturated carbocycles. The van der Waals surface area contributed by atoms with Crippen molar-refractivity contribution in [2.24, 2.45) is 0 Å². The van der Waals surface area contributed by atoms with Crippen LogP contribution >= 0.6 is 0 Å². The van der Waals surface area contributed by atoms with Crippen LogP contribution in [0.1, 0.15) is 22.3 Å². The van der Waals surface area contributed by atoms with E-state index in [0.717, 1.165) is 6.07 Å². The van der Waals surface area contributed by atoms with Crippen molar-refractivity contribution in [2.75, 3.05) is 23.3 Å². The average Bonchev–Trinajstić information content (AvgIpc) is 2.80. The van der Waals surface area contributed by atoms with Crippen LogP contribution in [0.25, 0.3) is 0 Å². The van der Waals surface area contributed by atoms with Gasteiger partial charge >= 0.3 is 12.4 Å². The number of hydrogen-bond donors (Lipinski definition) is 1. The van der Waals surface area contributed by atoms with Gasteiger partial charge in [-0.25, -0.2) is 9.18 Å². The zero-order valence-electron chi connectivity index (χ0n) is 18.4. The van der Waals surface area contributed by atoms with Crippen molar-refractivity contribution in [1.82, 2.24) is 4.90 Å². The molecule has 1 fully saturated rings. The quantitative estimate of drug-likeness (QED) is 0.447. The molecule has 10 heteroatoms. The first kappa shape index (κ1) is 24.1. The van der Waals surface area contributed by atoms with Gasteiger partial charge in [0.15, 0.2) is 0 Å². The monoisotopic (exact) mass is 487 g/mol. The highest BCUT2D eigenvalue weighted by Gasteiger charge is 2.31. The molecule has 4 rings (SSSR count). The first-order valence-corrected chi connectivity index (χ1v) is 10.8. The van der Waals surface area contributed by atoms with Crippen molar-refractivity contribution in [3.8, 4) is 5.75 Å². The van der Waals surface area contributed by atoms with Gasteiger partial charge in [-0.2, -0.15) is 0 Å². The maximum Gasteiger partial charge on any atom is 0.573 e. The number of rotatable bonds is 6. The van der Waals surface area contributed by atoms with Crippen LogP contribution in [-0.4, -0.2) is 36.3 Å². The minimum atomic E-state index is -4.80. The maximum absolute atomic E-state index is 13.4. The molecule has 0 aromatic heterocycles. The molecule has 0 bridgehead atoms. The standard InChI is InChI=1S/C25H21F4N3O3/c26-19-7-2-6-18(14-19)23(33)30-20-8-3-9-21(15-20)32-12-4-11-31(24(32)34)16-17-5-1-10-22(13-17)35-25(27,28)29/h1-3,5-10,13-15H,4,11-12,16H2,(H,30,33). The van der Waals surface area contributed by atoms with Crippen LogP contribution in [0.5, 0.6) is 5.75 Å². The van der Waals surface area contributed by atoms with Crippen LogP contribution in [0.3, 0.4) is 0 Å². The Balaban J connectivity index is 1.46. The molecular formula is C25H21F4N3O3. The lowest BCUT2D eigenvalue weighted by atomic mass is 10.1. The van der Waals surface area contributed by atoms with Gasteiger partial charge in [0.1, 0.15) is 11.6 Å². The summed E-state index contributed by atoms with van der Waals surface area (Å²) in [6.07, 6.45) is -4.16. The van der Waals surface area contributed by atoms with E-state index in [-0.39, 0.29) is 23.9 Å². The van der Waals surface area contributed by atoms with E-state index in [1.54, 1.807) is 30.3 Å². The molecule has 0 spiro atoms. The molecule has 3 aromatic rings. The highest BCUT2D eigenvalue weighted by Crippen LogP contribution is 2.27. The van der Waals surface area contributed by atoms with Gasteiger partial charge in [0.2, 0.25) is 0 Å². The van der Waals surface area contributed by atoms with Crippen molar-refractivity contribution in [2.45, 2.75) is 19.3 Å². The molecule has 0 aliphatic carbocycles. The minimum absolute atomic E-state index is 0.111. The van der Waals surface area contributed by atoms with Crippen molar-refractivity contribution in [3.63, 3.8) is 0 Å². The molecular weight excluding hydrogens is 466 g/mol. The van der Waals surface area contributed by atoms with Crippen molar-refractivity contribution >= 4 is 23.3 Å². The Morgan fingerprint density at radius 1 is 0.971 bits per heavy atom. The number of nitrogens with zero attached hydrogens (tertiary/aromatic N) is 2. The number of carbonyl (C=O) groups excluding carboxylic acids is 2. The summed E-state index contributed by atoms with van der Waals surface area (Å²) < 4.78 is 54.9. The number of urea groups is 1. The highest BCUT2D eigenvalue weighted by molar-refractivity contribution is 6.04. The Hall–Kier alpha value is -4.08. The Kier molecular flexibility index (Phi) is 6.90. The van der Waals surface area contributed by atoms with Gasteiger partial charge in [0.25, 0.3) is 5.91 Å². The largest absolute Gasteiger partial charge is 0.573 e. The van der Waals surface area contributed by atoms with Crippen molar-refractivity contribution < 1.29 is 31.9 Å². The number of nitrogens with one attached hydrogen (secondary N) is 1. The Labute approximate surface area is 198 Å². The third-order valence-electron chi connectivity index (χ3n) is 5.32. The predicted molar refractivity (Wildman–Crippen MR) is 122 cm³/mol. The lowest BCUT2D eigenvalue weighted by Crippen LogP contribution is -2.49. The highest BCUT2D eigenvalue weighted by atomic mass is 19.4. The topological polar surface area (TPSA) is 61.9 Å². The average molecular weight is 487 g/mol. The summed E-state index contributed by atoms with van der Waals surface area (Å²) >= 11 is 0. The number of anilines is 2. The van der Waals surface area contributed by atoms with E-state index in [1.807, 2.05) is 0 Å². The van der Waals surface area contributed by atoms with Gasteiger partial charge in [0, 0.05) is 36.6 Å². The van der Waals surface area contributed by atoms with Crippen LogP contribution in [0.2, 0.25) is 0 Å². The van der Waals surface area contributed by atoms with Crippen molar-refractivity contribution in [1.29, 1.82) is 0 Å². The SMILES string of the molecule is O=C(Nc1cccc(N2CCCN(Cc3cccc(OC(F)(F)F)c3)C2=O)c1)c1cccc(F)c1. The Bertz CT molecular complexity index is 1230. The van der Waals surface area contributed by atoms with Gasteiger partial charge in [-0.15, -0.1) is 13.2 Å². The van der Waals surface area contributed by atoms with Crippen molar-refractivity contribution in [3.05, 3.63) is 89.7 Å². The number of halogens is 4. The van der Waals surface area contributed by atoms with E-state index >= 15 is 0 Å². The molecule has 6 nitrogen and oxygen atoms in total. The third kappa shape index (κ3) is 6.28. The van der Waals surface area contributed by atoms with E-state index < -0.39 is 18.1 Å². The minimum Gasteiger partial charge on any atom is -0.406 e. The number of ether oxygens (including phenoxy) is 1. The van der Waals surface area contributed by atoms with Gasteiger partial charge in [-0.1, -0.05) is 24.3 Å². The van der Waals surface area contributed by atoms with E-state index in [9.17, 15) is 27.2 Å². The normalized spacial score (nSPS) is 14.1. The van der Waals surface area contributed by atoms with Gasteiger partial charge in [-0.05, 0) is 60.5 Å². The number of hydrogen-bond acceptors (Lipinski definition) is 3. The second-order valence-corrected chi connectivity index (χ2v) is 7.92. The summed E-state index contributed by atoms with van der Waals surface area (Å²) in [4.78, 5) is 28.7. The number of benzene rings is 3. The molecule has 35 heavy (non-hydrogen) atoms. The Morgan fingerprint density at radius 3 is 2.51 bits per heavy atom. The molecule has 0 unspecified atom stereocenters. The molecule has 1 aliphatic rings. The fraction of sp³-hybridized carbons (Fsp3) is 0.200. The molecule has 0 atom stereocenters. The van der Waals surface area contributed by atoms with Crippen LogP contribution < -0.4 is 15.0 Å². The second kappa shape index (κ2) is 10.0. The number of carbonyl (C=O) groups is 2. The Morgan fingerprint density at radius 2 is 1.74 bits per heavy atom. The molecule has 1 N–H and O–H groups in total. The van der Waals surface area contributed by atoms with E-state index in [0.29, 0.717) is 36.4 Å². The first-order valence-electron chi connectivity index (χ1n) is 10.8. The summed E-state index contributed by atoms with van der Waals surface area (Å²) in [6.45, 7) is 0.990. The van der Waals surface area contributed by atoms with E-state index in [4.69, 9.17) is 0 Å². The van der Waals surface area contributed by atoms with Gasteiger partial charge in [-0.3, -0.25) is 9.69 Å². The number of alkyl halides is 3. The fourth-order valence-electron chi connectivity index (χ4n) is 3.81. The first-order chi connectivity index (χ1) is 16.7. The smallest absolute Gasteiger partial charge is 0.406 e. The zero-order chi connectivity index (χ0) is 25.0. The molecule has 1 heterocycles. The number of amides is 3. The molecule has 1 aliphatic heterocycles. The molecule has 1 saturated heterocycles. The lowest BCUT2D eigenvalue weighted by molar-refractivity contribution is -0.274. The van der Waals surface area contributed by atoms with Crippen LogP contribution in [0.4, 0.5) is 33.7 Å². The molecule has 3 aromatic carbocycles. The van der Waals surface area contributed by atoms with Crippen LogP contribution in [0.15, 0.2) is 72.8 Å². The molecule has 3 amide bonds. The fourth-order valence-corrected chi connectivity index (χ4v) is 3.81. The van der Waals surface area contributed by atoms with Gasteiger partial charge < -0.3 is 15.0 Å². The summed E-state index contributed by atoms with van der Waals surface area (Å²) in [7, 11) is 0. The summed E-state index contributed by atoms with van der Waals surface area (Å²) in [5.74, 6) is -1.37. The van der Waals surface area contributed by atoms with Crippen LogP contribution in [-0.2, 0) is 6.54 Å². The predicted octanol–water partition coefficient (Wildman–Crippen LogP) is 5.81.